The monoisotopic (exact) mass is 414 g/mol. The molecule has 2 aliphatic rings. The zero-order valence-corrected chi connectivity index (χ0v) is 17.2. The van der Waals surface area contributed by atoms with Crippen molar-refractivity contribution in [3.63, 3.8) is 0 Å². The van der Waals surface area contributed by atoms with Gasteiger partial charge in [-0.3, -0.25) is 0 Å². The van der Waals surface area contributed by atoms with E-state index in [-0.39, 0.29) is 24.4 Å². The second-order valence-corrected chi connectivity index (χ2v) is 8.38. The highest BCUT2D eigenvalue weighted by Gasteiger charge is 2.41. The Labute approximate surface area is 169 Å². The summed E-state index contributed by atoms with van der Waals surface area (Å²) >= 11 is 6.09. The van der Waals surface area contributed by atoms with Crippen molar-refractivity contribution in [2.75, 3.05) is 56.2 Å². The molecule has 0 aromatic carbocycles. The first-order valence-corrected chi connectivity index (χ1v) is 9.69. The summed E-state index contributed by atoms with van der Waals surface area (Å²) in [5.41, 5.74) is -1.35. The number of carbonyl (C=O) groups excluding carboxylic acids is 1. The molecule has 11 heteroatoms. The van der Waals surface area contributed by atoms with Crippen molar-refractivity contribution >= 4 is 29.6 Å². The number of aromatic nitrogens is 3. The molecule has 0 unspecified atom stereocenters. The van der Waals surface area contributed by atoms with E-state index in [0.717, 1.165) is 0 Å². The lowest BCUT2D eigenvalue weighted by Crippen LogP contribution is -2.47. The van der Waals surface area contributed by atoms with E-state index >= 15 is 0 Å². The molecule has 156 valence electrons. The molecule has 0 saturated carbocycles. The summed E-state index contributed by atoms with van der Waals surface area (Å²) in [6.07, 6.45) is 0.117. The number of aliphatic hydroxyl groups excluding tert-OH is 1. The van der Waals surface area contributed by atoms with Gasteiger partial charge in [0.15, 0.2) is 0 Å². The number of aliphatic hydroxyl groups is 1. The minimum absolute atomic E-state index is 0.0640. The molecule has 2 N–H and O–H groups in total. The third-order valence-corrected chi connectivity index (χ3v) is 4.74. The molecule has 0 radical (unpaired) electrons. The van der Waals surface area contributed by atoms with Crippen LogP contribution < -0.4 is 10.2 Å². The minimum atomic E-state index is -0.774. The SMILES string of the molecule is CC(C)(C)OC(=O)N1CC[C@](CO)(Nc2nc(Cl)nc(N3CCOCC3)n2)C1. The number of nitrogens with one attached hydrogen (secondary N) is 1. The highest BCUT2D eigenvalue weighted by Crippen LogP contribution is 2.27. The lowest BCUT2D eigenvalue weighted by Gasteiger charge is -2.30. The number of anilines is 2. The Bertz CT molecular complexity index is 709. The molecule has 2 fully saturated rings. The fourth-order valence-corrected chi connectivity index (χ4v) is 3.32. The zero-order valence-electron chi connectivity index (χ0n) is 16.4. The van der Waals surface area contributed by atoms with Gasteiger partial charge in [-0.25, -0.2) is 4.79 Å². The fourth-order valence-electron chi connectivity index (χ4n) is 3.16. The average Bonchev–Trinajstić information content (AvgIpc) is 3.05. The van der Waals surface area contributed by atoms with E-state index in [1.165, 1.54) is 0 Å². The van der Waals surface area contributed by atoms with E-state index in [0.29, 0.717) is 45.2 Å². The number of hydrogen-bond acceptors (Lipinski definition) is 9. The molecule has 1 atom stereocenters. The number of ether oxygens (including phenoxy) is 2. The highest BCUT2D eigenvalue weighted by molar-refractivity contribution is 6.28. The molecular weight excluding hydrogens is 388 g/mol. The molecule has 0 spiro atoms. The standard InChI is InChI=1S/C17H27ClN6O4/c1-16(2,3)28-15(26)24-5-4-17(10-24,11-25)22-13-19-12(18)20-14(21-13)23-6-8-27-9-7-23/h25H,4-11H2,1-3H3,(H,19,20,21,22)/t17-/m0/s1. The molecule has 2 saturated heterocycles. The van der Waals surface area contributed by atoms with Gasteiger partial charge in [0.05, 0.1) is 25.4 Å². The molecule has 1 amide bonds. The molecule has 0 aliphatic carbocycles. The van der Waals surface area contributed by atoms with Crippen LogP contribution in [0.5, 0.6) is 0 Å². The van der Waals surface area contributed by atoms with Gasteiger partial charge in [-0.15, -0.1) is 0 Å². The predicted molar refractivity (Wildman–Crippen MR) is 104 cm³/mol. The van der Waals surface area contributed by atoms with Crippen LogP contribution in [0.1, 0.15) is 27.2 Å². The van der Waals surface area contributed by atoms with Crippen LogP contribution in [-0.2, 0) is 9.47 Å². The number of rotatable bonds is 4. The quantitative estimate of drug-likeness (QED) is 0.748. The van der Waals surface area contributed by atoms with Crippen molar-refractivity contribution < 1.29 is 19.4 Å². The number of nitrogens with zero attached hydrogens (tertiary/aromatic N) is 5. The van der Waals surface area contributed by atoms with Crippen LogP contribution >= 0.6 is 11.6 Å². The normalized spacial score (nSPS) is 23.0. The van der Waals surface area contributed by atoms with Crippen molar-refractivity contribution in [2.45, 2.75) is 38.3 Å². The van der Waals surface area contributed by atoms with Gasteiger partial charge in [0.1, 0.15) is 5.60 Å². The fraction of sp³-hybridized carbons (Fsp3) is 0.765. The molecule has 3 rings (SSSR count). The van der Waals surface area contributed by atoms with Crippen LogP contribution in [0.4, 0.5) is 16.7 Å². The second kappa shape index (κ2) is 8.22. The van der Waals surface area contributed by atoms with Crippen LogP contribution in [0, 0.1) is 0 Å². The van der Waals surface area contributed by atoms with Gasteiger partial charge >= 0.3 is 6.09 Å². The Morgan fingerprint density at radius 3 is 2.64 bits per heavy atom. The smallest absolute Gasteiger partial charge is 0.410 e. The third kappa shape index (κ3) is 5.12. The van der Waals surface area contributed by atoms with Crippen molar-refractivity contribution in [3.8, 4) is 0 Å². The Morgan fingerprint density at radius 2 is 2.00 bits per heavy atom. The molecule has 0 bridgehead atoms. The topological polar surface area (TPSA) is 113 Å². The minimum Gasteiger partial charge on any atom is -0.444 e. The van der Waals surface area contributed by atoms with Gasteiger partial charge in [0, 0.05) is 26.2 Å². The number of halogens is 1. The largest absolute Gasteiger partial charge is 0.444 e. The van der Waals surface area contributed by atoms with Crippen molar-refractivity contribution in [1.82, 2.24) is 19.9 Å². The van der Waals surface area contributed by atoms with Crippen molar-refractivity contribution in [2.24, 2.45) is 0 Å². The predicted octanol–water partition coefficient (Wildman–Crippen LogP) is 1.15. The van der Waals surface area contributed by atoms with Crippen LogP contribution in [0.2, 0.25) is 5.28 Å². The zero-order chi connectivity index (χ0) is 20.4. The summed E-state index contributed by atoms with van der Waals surface area (Å²) in [5, 5.41) is 13.3. The second-order valence-electron chi connectivity index (χ2n) is 8.04. The molecule has 3 heterocycles. The van der Waals surface area contributed by atoms with Crippen LogP contribution in [0.25, 0.3) is 0 Å². The van der Waals surface area contributed by atoms with E-state index in [1.54, 1.807) is 4.90 Å². The van der Waals surface area contributed by atoms with Crippen molar-refractivity contribution in [1.29, 1.82) is 0 Å². The molecule has 1 aromatic rings. The summed E-state index contributed by atoms with van der Waals surface area (Å²) in [4.78, 5) is 28.7. The van der Waals surface area contributed by atoms with Crippen molar-refractivity contribution in [3.05, 3.63) is 5.28 Å². The third-order valence-electron chi connectivity index (χ3n) is 4.58. The summed E-state index contributed by atoms with van der Waals surface area (Å²) in [7, 11) is 0. The summed E-state index contributed by atoms with van der Waals surface area (Å²) < 4.78 is 10.8. The summed E-state index contributed by atoms with van der Waals surface area (Å²) in [5.74, 6) is 0.725. The number of carbonyl (C=O) groups is 1. The maximum Gasteiger partial charge on any atom is 0.410 e. The summed E-state index contributed by atoms with van der Waals surface area (Å²) in [6, 6.07) is 0. The number of amides is 1. The van der Waals surface area contributed by atoms with Gasteiger partial charge in [-0.1, -0.05) is 0 Å². The van der Waals surface area contributed by atoms with E-state index in [4.69, 9.17) is 21.1 Å². The van der Waals surface area contributed by atoms with Crippen LogP contribution in [0.3, 0.4) is 0 Å². The van der Waals surface area contributed by atoms with Gasteiger partial charge in [0.25, 0.3) is 0 Å². The Balaban J connectivity index is 1.72. The van der Waals surface area contributed by atoms with E-state index in [1.807, 2.05) is 25.7 Å². The lowest BCUT2D eigenvalue weighted by molar-refractivity contribution is 0.0281. The van der Waals surface area contributed by atoms with Gasteiger partial charge < -0.3 is 29.7 Å². The van der Waals surface area contributed by atoms with Gasteiger partial charge in [-0.2, -0.15) is 15.0 Å². The van der Waals surface area contributed by atoms with E-state index in [9.17, 15) is 9.90 Å². The number of morpholine rings is 1. The average molecular weight is 415 g/mol. The van der Waals surface area contributed by atoms with Crippen LogP contribution in [-0.4, -0.2) is 88.2 Å². The number of hydrogen-bond donors (Lipinski definition) is 2. The van der Waals surface area contributed by atoms with Gasteiger partial charge in [-0.05, 0) is 38.8 Å². The van der Waals surface area contributed by atoms with E-state index < -0.39 is 17.2 Å². The molecule has 28 heavy (non-hydrogen) atoms. The van der Waals surface area contributed by atoms with Gasteiger partial charge in [0.2, 0.25) is 17.2 Å². The summed E-state index contributed by atoms with van der Waals surface area (Å²) in [6.45, 7) is 8.51. The molecule has 2 aliphatic heterocycles. The Hall–Kier alpha value is -1.91. The van der Waals surface area contributed by atoms with E-state index in [2.05, 4.69) is 20.3 Å². The Morgan fingerprint density at radius 1 is 1.29 bits per heavy atom. The molecule has 1 aromatic heterocycles. The van der Waals surface area contributed by atoms with Crippen LogP contribution in [0.15, 0.2) is 0 Å². The highest BCUT2D eigenvalue weighted by atomic mass is 35.5. The molecule has 10 nitrogen and oxygen atoms in total. The first-order valence-electron chi connectivity index (χ1n) is 9.31. The number of likely N-dealkylation sites (tertiary alicyclic amines) is 1. The molecular formula is C17H27ClN6O4. The first kappa shape index (κ1) is 20.8. The maximum atomic E-state index is 12.3. The Kier molecular flexibility index (Phi) is 6.11. The first-order chi connectivity index (χ1) is 13.2. The maximum absolute atomic E-state index is 12.3. The lowest BCUT2D eigenvalue weighted by atomic mass is 10.0.